The van der Waals surface area contributed by atoms with Crippen LogP contribution in [0.25, 0.3) is 0 Å². The maximum atomic E-state index is 12.9. The second-order valence-corrected chi connectivity index (χ2v) is 8.03. The predicted octanol–water partition coefficient (Wildman–Crippen LogP) is 3.85. The van der Waals surface area contributed by atoms with Crippen molar-refractivity contribution >= 4 is 11.7 Å². The number of esters is 1. The van der Waals surface area contributed by atoms with Gasteiger partial charge >= 0.3 is 5.97 Å². The van der Waals surface area contributed by atoms with E-state index in [1.54, 1.807) is 6.92 Å². The number of hydrogen-bond donors (Lipinski definition) is 3. The fourth-order valence-corrected chi connectivity index (χ4v) is 4.00. The van der Waals surface area contributed by atoms with Gasteiger partial charge in [0.15, 0.2) is 0 Å². The highest BCUT2D eigenvalue weighted by molar-refractivity contribution is 5.89. The Kier molecular flexibility index (Phi) is 11.2. The Balaban J connectivity index is 1.78. The molecule has 0 amide bonds. The number of carbonyl (C=O) groups excluding carboxylic acids is 1. The van der Waals surface area contributed by atoms with Crippen LogP contribution in [0.15, 0.2) is 41.6 Å². The second-order valence-electron chi connectivity index (χ2n) is 8.03. The zero-order chi connectivity index (χ0) is 23.3. The minimum atomic E-state index is -0.739. The summed E-state index contributed by atoms with van der Waals surface area (Å²) in [4.78, 5) is 11.3. The molecule has 1 saturated carbocycles. The molecule has 1 aromatic carbocycles. The normalized spacial score (nSPS) is 23.0. The van der Waals surface area contributed by atoms with Gasteiger partial charge < -0.3 is 24.9 Å². The number of allylic oxidation sites excluding steroid dienone is 2. The van der Waals surface area contributed by atoms with E-state index in [0.717, 1.165) is 6.42 Å². The Morgan fingerprint density at radius 1 is 1.31 bits per heavy atom. The SMILES string of the molecule is CCOC(=O)CCC/C=C\C[C@H]1[C@@H](O)C/C(=N/O)[C@@H]1CC[C@@H](O)COc1ccc(F)cc1. The number of aliphatic hydroxyl groups is 2. The minimum Gasteiger partial charge on any atom is -0.491 e. The van der Waals surface area contributed by atoms with Gasteiger partial charge in [0.25, 0.3) is 0 Å². The molecule has 0 unspecified atom stereocenters. The molecule has 7 nitrogen and oxygen atoms in total. The van der Waals surface area contributed by atoms with Crippen molar-refractivity contribution in [3.8, 4) is 5.75 Å². The van der Waals surface area contributed by atoms with Gasteiger partial charge in [-0.05, 0) is 69.2 Å². The third-order valence-electron chi connectivity index (χ3n) is 5.68. The average Bonchev–Trinajstić information content (AvgIpc) is 3.08. The van der Waals surface area contributed by atoms with E-state index < -0.39 is 12.2 Å². The molecule has 32 heavy (non-hydrogen) atoms. The number of hydrogen-bond acceptors (Lipinski definition) is 7. The lowest BCUT2D eigenvalue weighted by Crippen LogP contribution is -2.24. The van der Waals surface area contributed by atoms with Crippen molar-refractivity contribution < 1.29 is 34.1 Å². The van der Waals surface area contributed by atoms with Gasteiger partial charge in [0, 0.05) is 18.8 Å². The lowest BCUT2D eigenvalue weighted by molar-refractivity contribution is -0.143. The lowest BCUT2D eigenvalue weighted by Gasteiger charge is -2.22. The van der Waals surface area contributed by atoms with Crippen LogP contribution in [0.1, 0.15) is 51.9 Å². The van der Waals surface area contributed by atoms with Gasteiger partial charge in [-0.3, -0.25) is 4.79 Å². The molecule has 1 aliphatic rings. The molecule has 0 radical (unpaired) electrons. The largest absolute Gasteiger partial charge is 0.491 e. The first-order valence-corrected chi connectivity index (χ1v) is 11.2. The topological polar surface area (TPSA) is 109 Å². The molecule has 0 aromatic heterocycles. The minimum absolute atomic E-state index is 0.0670. The zero-order valence-electron chi connectivity index (χ0n) is 18.5. The highest BCUT2D eigenvalue weighted by atomic mass is 19.1. The van der Waals surface area contributed by atoms with Gasteiger partial charge in [0.2, 0.25) is 0 Å². The molecule has 3 N–H and O–H groups in total. The Morgan fingerprint density at radius 3 is 2.75 bits per heavy atom. The van der Waals surface area contributed by atoms with E-state index in [1.165, 1.54) is 24.3 Å². The number of unbranched alkanes of at least 4 members (excludes halogenated alkanes) is 1. The van der Waals surface area contributed by atoms with E-state index >= 15 is 0 Å². The number of oxime groups is 1. The van der Waals surface area contributed by atoms with Gasteiger partial charge in [-0.25, -0.2) is 4.39 Å². The van der Waals surface area contributed by atoms with Gasteiger partial charge in [0.05, 0.1) is 24.5 Å². The third-order valence-corrected chi connectivity index (χ3v) is 5.68. The van der Waals surface area contributed by atoms with Crippen LogP contribution in [0.2, 0.25) is 0 Å². The molecule has 0 saturated heterocycles. The quantitative estimate of drug-likeness (QED) is 0.138. The standard InChI is InChI=1S/C24H34FNO6/c1-2-31-24(29)8-6-4-3-5-7-21-20(22(26-30)15-23(21)28)14-11-18(27)16-32-19-12-9-17(25)10-13-19/h3,5,9-10,12-13,18,20-21,23,27-28,30H,2,4,6-8,11,14-16H2,1H3/b5-3-,26-22-/t18-,20-,21-,23+/m1/s1. The Morgan fingerprint density at radius 2 is 2.06 bits per heavy atom. The number of rotatable bonds is 13. The van der Waals surface area contributed by atoms with Crippen LogP contribution in [-0.2, 0) is 9.53 Å². The summed E-state index contributed by atoms with van der Waals surface area (Å²) in [6, 6.07) is 5.59. The maximum Gasteiger partial charge on any atom is 0.305 e. The first kappa shape index (κ1) is 25.8. The molecule has 2 rings (SSSR count). The molecule has 4 atom stereocenters. The molecular formula is C24H34FNO6. The number of carbonyl (C=O) groups is 1. The van der Waals surface area contributed by atoms with Crippen molar-refractivity contribution in [3.05, 3.63) is 42.2 Å². The molecule has 1 fully saturated rings. The summed E-state index contributed by atoms with van der Waals surface area (Å²) >= 11 is 0. The molecule has 8 heteroatoms. The van der Waals surface area contributed by atoms with Crippen LogP contribution in [0, 0.1) is 17.7 Å². The first-order chi connectivity index (χ1) is 15.4. The monoisotopic (exact) mass is 451 g/mol. The summed E-state index contributed by atoms with van der Waals surface area (Å²) in [6.07, 6.45) is 6.34. The molecule has 0 bridgehead atoms. The van der Waals surface area contributed by atoms with E-state index in [1.807, 2.05) is 12.2 Å². The number of benzene rings is 1. The van der Waals surface area contributed by atoms with Crippen molar-refractivity contribution in [1.82, 2.24) is 0 Å². The summed E-state index contributed by atoms with van der Waals surface area (Å²) in [7, 11) is 0. The summed E-state index contributed by atoms with van der Waals surface area (Å²) in [5, 5.41) is 33.4. The van der Waals surface area contributed by atoms with Crippen LogP contribution in [0.5, 0.6) is 5.75 Å². The number of nitrogens with zero attached hydrogens (tertiary/aromatic N) is 1. The number of ether oxygens (including phenoxy) is 2. The van der Waals surface area contributed by atoms with Crippen molar-refractivity contribution in [3.63, 3.8) is 0 Å². The van der Waals surface area contributed by atoms with E-state index in [2.05, 4.69) is 5.16 Å². The average molecular weight is 452 g/mol. The van der Waals surface area contributed by atoms with Crippen LogP contribution in [-0.4, -0.2) is 52.5 Å². The predicted molar refractivity (Wildman–Crippen MR) is 118 cm³/mol. The van der Waals surface area contributed by atoms with E-state index in [-0.39, 0.29) is 30.2 Å². The van der Waals surface area contributed by atoms with Crippen LogP contribution >= 0.6 is 0 Å². The summed E-state index contributed by atoms with van der Waals surface area (Å²) in [6.45, 7) is 2.23. The Hall–Kier alpha value is -2.45. The maximum absolute atomic E-state index is 12.9. The Bertz CT molecular complexity index is 751. The van der Waals surface area contributed by atoms with Gasteiger partial charge in [-0.15, -0.1) is 0 Å². The summed E-state index contributed by atoms with van der Waals surface area (Å²) in [5.41, 5.74) is 0.546. The third kappa shape index (κ3) is 8.59. The molecule has 0 spiro atoms. The molecular weight excluding hydrogens is 417 g/mol. The van der Waals surface area contributed by atoms with Gasteiger partial charge in [0.1, 0.15) is 18.2 Å². The highest BCUT2D eigenvalue weighted by Gasteiger charge is 2.39. The summed E-state index contributed by atoms with van der Waals surface area (Å²) in [5.74, 6) is -0.317. The number of halogens is 1. The van der Waals surface area contributed by atoms with E-state index in [4.69, 9.17) is 9.47 Å². The lowest BCUT2D eigenvalue weighted by atomic mass is 9.86. The van der Waals surface area contributed by atoms with Gasteiger partial charge in [-0.1, -0.05) is 17.3 Å². The second kappa shape index (κ2) is 13.9. The van der Waals surface area contributed by atoms with E-state index in [9.17, 15) is 24.6 Å². The van der Waals surface area contributed by atoms with Gasteiger partial charge in [-0.2, -0.15) is 0 Å². The fourth-order valence-electron chi connectivity index (χ4n) is 4.00. The number of aliphatic hydroxyl groups excluding tert-OH is 2. The van der Waals surface area contributed by atoms with Crippen molar-refractivity contribution in [2.45, 2.75) is 64.1 Å². The zero-order valence-corrected chi connectivity index (χ0v) is 18.5. The fraction of sp³-hybridized carbons (Fsp3) is 0.583. The smallest absolute Gasteiger partial charge is 0.305 e. The van der Waals surface area contributed by atoms with E-state index in [0.29, 0.717) is 56.6 Å². The van der Waals surface area contributed by atoms with Crippen molar-refractivity contribution in [1.29, 1.82) is 0 Å². The van der Waals surface area contributed by atoms with Crippen LogP contribution in [0.4, 0.5) is 4.39 Å². The van der Waals surface area contributed by atoms with Crippen molar-refractivity contribution in [2.24, 2.45) is 17.0 Å². The molecule has 178 valence electrons. The summed E-state index contributed by atoms with van der Waals surface area (Å²) < 4.78 is 23.3. The van der Waals surface area contributed by atoms with Crippen LogP contribution in [0.3, 0.4) is 0 Å². The van der Waals surface area contributed by atoms with Crippen LogP contribution < -0.4 is 4.74 Å². The molecule has 1 aromatic rings. The first-order valence-electron chi connectivity index (χ1n) is 11.2. The molecule has 0 aliphatic heterocycles. The molecule has 0 heterocycles. The van der Waals surface area contributed by atoms with Crippen molar-refractivity contribution in [2.75, 3.05) is 13.2 Å². The molecule has 1 aliphatic carbocycles. The highest BCUT2D eigenvalue weighted by Crippen LogP contribution is 2.36. The Labute approximate surface area is 188 Å².